The Balaban J connectivity index is 2.26. The van der Waals surface area contributed by atoms with Crippen molar-refractivity contribution in [2.75, 3.05) is 19.8 Å². The monoisotopic (exact) mass is 504 g/mol. The predicted molar refractivity (Wildman–Crippen MR) is 102 cm³/mol. The summed E-state index contributed by atoms with van der Waals surface area (Å²) in [6, 6.07) is 0. The van der Waals surface area contributed by atoms with E-state index in [4.69, 9.17) is 24.1 Å². The fourth-order valence-corrected chi connectivity index (χ4v) is 3.52. The topological polar surface area (TPSA) is 277 Å². The normalized spacial score (nSPS) is 42.6. The van der Waals surface area contributed by atoms with Crippen LogP contribution >= 0.6 is 0 Å². The van der Waals surface area contributed by atoms with Crippen molar-refractivity contribution in [2.45, 2.75) is 85.8 Å². The maximum atomic E-state index is 11.5. The maximum absolute atomic E-state index is 11.5. The Labute approximate surface area is 192 Å². The summed E-state index contributed by atoms with van der Waals surface area (Å²) >= 11 is 0. The van der Waals surface area contributed by atoms with Crippen LogP contribution in [-0.4, -0.2) is 168 Å². The molecule has 0 saturated carbocycles. The summed E-state index contributed by atoms with van der Waals surface area (Å²) in [7, 11) is 0. The fraction of sp³-hybridized carbons (Fsp3) is 0.944. The summed E-state index contributed by atoms with van der Waals surface area (Å²) in [5.74, 6) is 0. The summed E-state index contributed by atoms with van der Waals surface area (Å²) < 4.78 is 21.1. The van der Waals surface area contributed by atoms with E-state index in [0.29, 0.717) is 0 Å². The van der Waals surface area contributed by atoms with E-state index >= 15 is 0 Å². The quantitative estimate of drug-likeness (QED) is 0.117. The van der Waals surface area contributed by atoms with Gasteiger partial charge >= 0.3 is 0 Å². The highest BCUT2D eigenvalue weighted by molar-refractivity contribution is 5.57. The first-order valence-electron chi connectivity index (χ1n) is 10.4. The standard InChI is InChI=1S/C18H32O16/c19-1-5(23)9(24)10(25)6(2-20)32-18-16(14(29)12(27)8(4-22)33-18)34-17-15(30)13(28)11(26)7(3-21)31-17/h2,5-19,21-30H,1,3-4H2/t5-,6+,7-,8-,9-,10-,11-,12-,13+,14+,15-,16-,17+,18-/m1/s1. The molecule has 0 bridgehead atoms. The van der Waals surface area contributed by atoms with Gasteiger partial charge in [0.1, 0.15) is 73.2 Å². The summed E-state index contributed by atoms with van der Waals surface area (Å²) in [6.45, 7) is -2.61. The third-order valence-corrected chi connectivity index (χ3v) is 5.66. The van der Waals surface area contributed by atoms with Gasteiger partial charge in [0.2, 0.25) is 0 Å². The van der Waals surface area contributed by atoms with Crippen LogP contribution in [0.3, 0.4) is 0 Å². The summed E-state index contributed by atoms with van der Waals surface area (Å²) in [5.41, 5.74) is 0. The second-order valence-electron chi connectivity index (χ2n) is 7.97. The van der Waals surface area contributed by atoms with E-state index in [1.54, 1.807) is 0 Å². The van der Waals surface area contributed by atoms with Gasteiger partial charge < -0.3 is 79.9 Å². The van der Waals surface area contributed by atoms with Crippen LogP contribution in [0.5, 0.6) is 0 Å². The molecule has 0 spiro atoms. The average Bonchev–Trinajstić information content (AvgIpc) is 2.84. The lowest BCUT2D eigenvalue weighted by Gasteiger charge is -2.46. The van der Waals surface area contributed by atoms with Crippen molar-refractivity contribution >= 4 is 6.29 Å². The molecule has 34 heavy (non-hydrogen) atoms. The number of ether oxygens (including phenoxy) is 4. The third-order valence-electron chi connectivity index (χ3n) is 5.66. The molecule has 0 radical (unpaired) electrons. The minimum Gasteiger partial charge on any atom is -0.394 e. The van der Waals surface area contributed by atoms with Gasteiger partial charge in [-0.15, -0.1) is 0 Å². The van der Waals surface area contributed by atoms with Crippen LogP contribution in [0.2, 0.25) is 0 Å². The molecule has 200 valence electrons. The highest BCUT2D eigenvalue weighted by Gasteiger charge is 2.51. The molecule has 11 N–H and O–H groups in total. The molecule has 14 atom stereocenters. The number of carbonyl (C=O) groups excluding carboxylic acids is 1. The molecule has 0 amide bonds. The first-order chi connectivity index (χ1) is 16.0. The van der Waals surface area contributed by atoms with Crippen molar-refractivity contribution < 1.29 is 79.9 Å². The van der Waals surface area contributed by atoms with Gasteiger partial charge in [0.05, 0.1) is 19.8 Å². The fourth-order valence-electron chi connectivity index (χ4n) is 3.52. The maximum Gasteiger partial charge on any atom is 0.188 e. The van der Waals surface area contributed by atoms with Gasteiger partial charge in [-0.3, -0.25) is 0 Å². The van der Waals surface area contributed by atoms with E-state index in [2.05, 4.69) is 0 Å². The van der Waals surface area contributed by atoms with Crippen LogP contribution in [0.15, 0.2) is 0 Å². The van der Waals surface area contributed by atoms with E-state index in [1.165, 1.54) is 0 Å². The molecule has 16 heteroatoms. The van der Waals surface area contributed by atoms with Crippen LogP contribution in [-0.2, 0) is 23.7 Å². The molecular weight excluding hydrogens is 472 g/mol. The number of hydrogen-bond donors (Lipinski definition) is 11. The van der Waals surface area contributed by atoms with Crippen molar-refractivity contribution in [3.05, 3.63) is 0 Å². The number of aliphatic hydroxyl groups is 11. The Morgan fingerprint density at radius 3 is 1.76 bits per heavy atom. The SMILES string of the molecule is O=C[C@H](O[C@@H]1O[C@H](CO)[C@@H](O)[C@H](O)[C@H]1O[C@@H]1O[C@H](CO)[C@@H](O)[C@H](O)[C@H]1O)[C@@H](O)[C@H](O)[C@H](O)CO. The zero-order chi connectivity index (χ0) is 25.7. The Morgan fingerprint density at radius 1 is 0.735 bits per heavy atom. The summed E-state index contributed by atoms with van der Waals surface area (Å²) in [6.07, 6.45) is -25.6. The lowest BCUT2D eigenvalue weighted by molar-refractivity contribution is -0.372. The van der Waals surface area contributed by atoms with Crippen molar-refractivity contribution in [3.8, 4) is 0 Å². The number of carbonyl (C=O) groups is 1. The van der Waals surface area contributed by atoms with Crippen LogP contribution in [0.25, 0.3) is 0 Å². The number of rotatable bonds is 11. The lowest BCUT2D eigenvalue weighted by atomic mass is 9.97. The van der Waals surface area contributed by atoms with Crippen molar-refractivity contribution in [1.29, 1.82) is 0 Å². The van der Waals surface area contributed by atoms with Crippen LogP contribution in [0.4, 0.5) is 0 Å². The van der Waals surface area contributed by atoms with Crippen molar-refractivity contribution in [3.63, 3.8) is 0 Å². The van der Waals surface area contributed by atoms with Crippen LogP contribution in [0.1, 0.15) is 0 Å². The number of aldehydes is 1. The van der Waals surface area contributed by atoms with Gasteiger partial charge in [-0.1, -0.05) is 0 Å². The van der Waals surface area contributed by atoms with Gasteiger partial charge in [-0.2, -0.15) is 0 Å². The highest BCUT2D eigenvalue weighted by atomic mass is 16.8. The van der Waals surface area contributed by atoms with Gasteiger partial charge in [-0.25, -0.2) is 0 Å². The zero-order valence-electron chi connectivity index (χ0n) is 17.7. The molecule has 16 nitrogen and oxygen atoms in total. The van der Waals surface area contributed by atoms with Crippen LogP contribution in [0, 0.1) is 0 Å². The Hall–Kier alpha value is -0.930. The number of aliphatic hydroxyl groups excluding tert-OH is 11. The minimum absolute atomic E-state index is 0.00235. The molecular formula is C18H32O16. The molecule has 2 aliphatic heterocycles. The minimum atomic E-state index is -2.12. The molecule has 2 fully saturated rings. The third kappa shape index (κ3) is 6.25. The van der Waals surface area contributed by atoms with E-state index < -0.39 is 106 Å². The highest BCUT2D eigenvalue weighted by Crippen LogP contribution is 2.30. The largest absolute Gasteiger partial charge is 0.394 e. The first-order valence-corrected chi connectivity index (χ1v) is 10.4. The smallest absolute Gasteiger partial charge is 0.188 e. The van der Waals surface area contributed by atoms with Gasteiger partial charge in [0, 0.05) is 0 Å². The molecule has 0 aromatic rings. The van der Waals surface area contributed by atoms with Gasteiger partial charge in [0.15, 0.2) is 18.9 Å². The van der Waals surface area contributed by atoms with E-state index in [0.717, 1.165) is 0 Å². The molecule has 2 saturated heterocycles. The Kier molecular flexibility index (Phi) is 11.1. The molecule has 0 aliphatic carbocycles. The summed E-state index contributed by atoms with van der Waals surface area (Å²) in [4.78, 5) is 11.5. The van der Waals surface area contributed by atoms with Crippen molar-refractivity contribution in [1.82, 2.24) is 0 Å². The molecule has 0 aromatic carbocycles. The molecule has 0 aromatic heterocycles. The zero-order valence-corrected chi connectivity index (χ0v) is 17.7. The average molecular weight is 504 g/mol. The van der Waals surface area contributed by atoms with Crippen molar-refractivity contribution in [2.24, 2.45) is 0 Å². The first kappa shape index (κ1) is 29.3. The van der Waals surface area contributed by atoms with E-state index in [1.807, 2.05) is 0 Å². The van der Waals surface area contributed by atoms with E-state index in [9.17, 15) is 55.9 Å². The molecule has 2 heterocycles. The lowest BCUT2D eigenvalue weighted by Crippen LogP contribution is -2.65. The summed E-state index contributed by atoms with van der Waals surface area (Å²) in [5, 5.41) is 108. The number of hydrogen-bond acceptors (Lipinski definition) is 16. The Morgan fingerprint density at radius 2 is 1.26 bits per heavy atom. The molecule has 2 aliphatic rings. The van der Waals surface area contributed by atoms with Gasteiger partial charge in [0.25, 0.3) is 0 Å². The van der Waals surface area contributed by atoms with Gasteiger partial charge in [-0.05, 0) is 0 Å². The predicted octanol–water partition coefficient (Wildman–Crippen LogP) is -7.73. The van der Waals surface area contributed by atoms with Crippen LogP contribution < -0.4 is 0 Å². The van der Waals surface area contributed by atoms with E-state index in [-0.39, 0.29) is 6.29 Å². The Bertz CT molecular complexity index is 623. The molecule has 0 unspecified atom stereocenters. The second kappa shape index (κ2) is 12.9. The second-order valence-corrected chi connectivity index (χ2v) is 7.97. The molecule has 2 rings (SSSR count).